The maximum Gasteiger partial charge on any atom is 0.131 e. The van der Waals surface area contributed by atoms with Crippen molar-refractivity contribution in [2.24, 2.45) is 5.41 Å². The fourth-order valence-electron chi connectivity index (χ4n) is 3.73. The quantitative estimate of drug-likeness (QED) is 0.808. The number of hydrogen-bond acceptors (Lipinski definition) is 3. The van der Waals surface area contributed by atoms with E-state index in [9.17, 15) is 5.11 Å². The maximum absolute atomic E-state index is 10.3. The predicted molar refractivity (Wildman–Crippen MR) is 72.8 cm³/mol. The molecule has 0 aromatic carbocycles. The second-order valence-electron chi connectivity index (χ2n) is 5.58. The number of nitrogens with one attached hydrogen (secondary N) is 1. The summed E-state index contributed by atoms with van der Waals surface area (Å²) in [7, 11) is 0. The lowest BCUT2D eigenvalue weighted by Gasteiger charge is -2.34. The molecule has 98 valence electrons. The van der Waals surface area contributed by atoms with Gasteiger partial charge in [0.1, 0.15) is 11.0 Å². The van der Waals surface area contributed by atoms with Gasteiger partial charge in [-0.3, -0.25) is 0 Å². The molecule has 2 saturated carbocycles. The summed E-state index contributed by atoms with van der Waals surface area (Å²) in [6.07, 6.45) is 6.50. The normalized spacial score (nSPS) is 29.9. The van der Waals surface area contributed by atoms with Crippen LogP contribution < -0.4 is 5.32 Å². The second-order valence-corrected chi connectivity index (χ2v) is 5.96. The average molecular weight is 267 g/mol. The van der Waals surface area contributed by atoms with Gasteiger partial charge < -0.3 is 10.4 Å². The van der Waals surface area contributed by atoms with Crippen LogP contribution in [0.5, 0.6) is 0 Å². The number of rotatable bonds is 2. The zero-order valence-electron chi connectivity index (χ0n) is 10.4. The molecule has 0 unspecified atom stereocenters. The van der Waals surface area contributed by atoms with Gasteiger partial charge in [-0.25, -0.2) is 4.98 Å². The molecule has 3 rings (SSSR count). The molecule has 2 fully saturated rings. The van der Waals surface area contributed by atoms with E-state index in [4.69, 9.17) is 11.6 Å². The highest BCUT2D eigenvalue weighted by molar-refractivity contribution is 6.29. The van der Waals surface area contributed by atoms with Crippen LogP contribution in [-0.4, -0.2) is 22.2 Å². The van der Waals surface area contributed by atoms with Gasteiger partial charge in [-0.1, -0.05) is 30.5 Å². The van der Waals surface area contributed by atoms with E-state index in [0.717, 1.165) is 31.5 Å². The molecule has 0 bridgehead atoms. The van der Waals surface area contributed by atoms with Gasteiger partial charge >= 0.3 is 0 Å². The van der Waals surface area contributed by atoms with Crippen LogP contribution in [0.2, 0.25) is 5.15 Å². The number of anilines is 1. The van der Waals surface area contributed by atoms with Crippen LogP contribution in [0.3, 0.4) is 0 Å². The van der Waals surface area contributed by atoms with Gasteiger partial charge in [0.2, 0.25) is 0 Å². The third-order valence-corrected chi connectivity index (χ3v) is 4.87. The van der Waals surface area contributed by atoms with Crippen molar-refractivity contribution in [3.8, 4) is 0 Å². The van der Waals surface area contributed by atoms with Crippen LogP contribution in [0.15, 0.2) is 18.2 Å². The van der Waals surface area contributed by atoms with Crippen molar-refractivity contribution in [1.82, 2.24) is 4.98 Å². The summed E-state index contributed by atoms with van der Waals surface area (Å²) in [6, 6.07) is 5.96. The molecule has 2 atom stereocenters. The zero-order chi connectivity index (χ0) is 12.6. The van der Waals surface area contributed by atoms with Crippen LogP contribution in [-0.2, 0) is 0 Å². The van der Waals surface area contributed by atoms with Crippen molar-refractivity contribution in [2.45, 2.75) is 50.7 Å². The van der Waals surface area contributed by atoms with Crippen molar-refractivity contribution in [3.05, 3.63) is 23.4 Å². The third kappa shape index (κ3) is 1.99. The Morgan fingerprint density at radius 3 is 2.78 bits per heavy atom. The molecule has 0 radical (unpaired) electrons. The summed E-state index contributed by atoms with van der Waals surface area (Å²) in [5.74, 6) is 0.827. The van der Waals surface area contributed by atoms with Crippen LogP contribution in [0.4, 0.5) is 5.82 Å². The van der Waals surface area contributed by atoms with E-state index in [1.54, 1.807) is 6.07 Å². The fraction of sp³-hybridized carbons (Fsp3) is 0.643. The highest BCUT2D eigenvalue weighted by Gasteiger charge is 2.50. The van der Waals surface area contributed by atoms with Crippen molar-refractivity contribution < 1.29 is 5.11 Å². The SMILES string of the molecule is O[C@@H]1CC[C@H](Nc2cccc(Cl)n2)C12CCCC2. The fourth-order valence-corrected chi connectivity index (χ4v) is 3.89. The maximum atomic E-state index is 10.3. The van der Waals surface area contributed by atoms with Crippen molar-refractivity contribution in [3.63, 3.8) is 0 Å². The van der Waals surface area contributed by atoms with Crippen LogP contribution in [0.25, 0.3) is 0 Å². The molecule has 4 heteroatoms. The lowest BCUT2D eigenvalue weighted by atomic mass is 9.79. The number of aliphatic hydroxyl groups is 1. The summed E-state index contributed by atoms with van der Waals surface area (Å²) >= 11 is 5.91. The Hall–Kier alpha value is -0.800. The van der Waals surface area contributed by atoms with E-state index in [1.807, 2.05) is 12.1 Å². The Labute approximate surface area is 113 Å². The van der Waals surface area contributed by atoms with Crippen molar-refractivity contribution >= 4 is 17.4 Å². The smallest absolute Gasteiger partial charge is 0.131 e. The van der Waals surface area contributed by atoms with E-state index < -0.39 is 0 Å². The van der Waals surface area contributed by atoms with E-state index >= 15 is 0 Å². The first-order valence-corrected chi connectivity index (χ1v) is 7.16. The van der Waals surface area contributed by atoms with Gasteiger partial charge in [0, 0.05) is 11.5 Å². The molecule has 1 aromatic rings. The van der Waals surface area contributed by atoms with E-state index in [2.05, 4.69) is 10.3 Å². The summed E-state index contributed by atoms with van der Waals surface area (Å²) < 4.78 is 0. The minimum absolute atomic E-state index is 0.0734. The molecule has 0 saturated heterocycles. The number of nitrogens with zero attached hydrogens (tertiary/aromatic N) is 1. The molecule has 3 nitrogen and oxygen atoms in total. The summed E-state index contributed by atoms with van der Waals surface area (Å²) in [5.41, 5.74) is 0.0734. The van der Waals surface area contributed by atoms with Gasteiger partial charge in [-0.15, -0.1) is 0 Å². The Kier molecular flexibility index (Phi) is 3.20. The number of aromatic nitrogens is 1. The first-order chi connectivity index (χ1) is 8.71. The number of pyridine rings is 1. The Morgan fingerprint density at radius 2 is 2.06 bits per heavy atom. The van der Waals surface area contributed by atoms with E-state index in [-0.39, 0.29) is 11.5 Å². The zero-order valence-corrected chi connectivity index (χ0v) is 11.2. The molecule has 1 aromatic heterocycles. The van der Waals surface area contributed by atoms with Crippen LogP contribution in [0.1, 0.15) is 38.5 Å². The molecule has 0 amide bonds. The van der Waals surface area contributed by atoms with Gasteiger partial charge in [-0.2, -0.15) is 0 Å². The summed E-state index contributed by atoms with van der Waals surface area (Å²) in [5, 5.41) is 14.3. The molecular formula is C14H19ClN2O. The molecule has 0 aliphatic heterocycles. The van der Waals surface area contributed by atoms with Crippen molar-refractivity contribution in [2.75, 3.05) is 5.32 Å². The summed E-state index contributed by atoms with van der Waals surface area (Å²) in [6.45, 7) is 0. The largest absolute Gasteiger partial charge is 0.392 e. The molecular weight excluding hydrogens is 248 g/mol. The Morgan fingerprint density at radius 1 is 1.28 bits per heavy atom. The van der Waals surface area contributed by atoms with E-state index in [1.165, 1.54) is 12.8 Å². The average Bonchev–Trinajstić information content (AvgIpc) is 2.94. The third-order valence-electron chi connectivity index (χ3n) is 4.66. The molecule has 18 heavy (non-hydrogen) atoms. The van der Waals surface area contributed by atoms with Gasteiger partial charge in [-0.05, 0) is 37.8 Å². The first-order valence-electron chi connectivity index (χ1n) is 6.78. The molecule has 2 aliphatic carbocycles. The summed E-state index contributed by atoms with van der Waals surface area (Å²) in [4.78, 5) is 4.29. The monoisotopic (exact) mass is 266 g/mol. The number of hydrogen-bond donors (Lipinski definition) is 2. The first kappa shape index (κ1) is 12.2. The molecule has 2 N–H and O–H groups in total. The molecule has 1 heterocycles. The van der Waals surface area contributed by atoms with Crippen LogP contribution >= 0.6 is 11.6 Å². The van der Waals surface area contributed by atoms with Crippen molar-refractivity contribution in [1.29, 1.82) is 0 Å². The standard InChI is InChI=1S/C14H19ClN2O/c15-12-4-3-5-13(17-12)16-10-6-7-11(18)14(10)8-1-2-9-14/h3-5,10-11,18H,1-2,6-9H2,(H,16,17)/t10-,11+/m0/s1. The second kappa shape index (κ2) is 4.71. The van der Waals surface area contributed by atoms with Gasteiger partial charge in [0.15, 0.2) is 0 Å². The van der Waals surface area contributed by atoms with Gasteiger partial charge in [0.25, 0.3) is 0 Å². The lowest BCUT2D eigenvalue weighted by molar-refractivity contribution is 0.0521. The Bertz CT molecular complexity index is 432. The van der Waals surface area contributed by atoms with E-state index in [0.29, 0.717) is 11.2 Å². The van der Waals surface area contributed by atoms with Gasteiger partial charge in [0.05, 0.1) is 6.10 Å². The number of aliphatic hydroxyl groups excluding tert-OH is 1. The molecule has 2 aliphatic rings. The highest BCUT2D eigenvalue weighted by atomic mass is 35.5. The Balaban J connectivity index is 1.80. The lowest BCUT2D eigenvalue weighted by Crippen LogP contribution is -2.40. The highest BCUT2D eigenvalue weighted by Crippen LogP contribution is 2.51. The number of halogens is 1. The molecule has 1 spiro atoms. The minimum atomic E-state index is -0.156. The topological polar surface area (TPSA) is 45.1 Å². The minimum Gasteiger partial charge on any atom is -0.392 e. The van der Waals surface area contributed by atoms with Crippen LogP contribution in [0, 0.1) is 5.41 Å². The predicted octanol–water partition coefficient (Wildman–Crippen LogP) is 3.23.